The Bertz CT molecular complexity index is 617. The third-order valence-corrected chi connectivity index (χ3v) is 2.73. The summed E-state index contributed by atoms with van der Waals surface area (Å²) in [7, 11) is 0. The highest BCUT2D eigenvalue weighted by molar-refractivity contribution is 6.33. The number of rotatable bonds is 4. The molecule has 0 radical (unpaired) electrons. The summed E-state index contributed by atoms with van der Waals surface area (Å²) in [6.07, 6.45) is 1.22. The number of aromatic nitrogens is 2. The van der Waals surface area contributed by atoms with E-state index in [2.05, 4.69) is 9.97 Å². The molecule has 0 spiro atoms. The van der Waals surface area contributed by atoms with Gasteiger partial charge in [-0.3, -0.25) is 0 Å². The highest BCUT2D eigenvalue weighted by atomic mass is 35.5. The maximum atomic E-state index is 11.2. The van der Waals surface area contributed by atoms with Crippen LogP contribution in [-0.2, 0) is 0 Å². The van der Waals surface area contributed by atoms with Gasteiger partial charge in [-0.1, -0.05) is 29.8 Å². The maximum absolute atomic E-state index is 11.2. The van der Waals surface area contributed by atoms with E-state index in [1.807, 2.05) is 0 Å². The number of nitrogens with zero attached hydrogens (tertiary/aromatic N) is 2. The van der Waals surface area contributed by atoms with Crippen LogP contribution in [0, 0.1) is 0 Å². The van der Waals surface area contributed by atoms with E-state index in [0.29, 0.717) is 17.2 Å². The van der Waals surface area contributed by atoms with E-state index >= 15 is 0 Å². The second kappa shape index (κ2) is 5.67. The smallest absolute Gasteiger partial charge is 0.339 e. The Kier molecular flexibility index (Phi) is 3.97. The van der Waals surface area contributed by atoms with Crippen LogP contribution < -0.4 is 4.74 Å². The second-order valence-electron chi connectivity index (χ2n) is 3.63. The van der Waals surface area contributed by atoms with E-state index < -0.39 is 5.97 Å². The Hall–Kier alpha value is -2.14. The predicted octanol–water partition coefficient (Wildman–Crippen LogP) is 2.89. The fourth-order valence-electron chi connectivity index (χ4n) is 1.58. The fourth-order valence-corrected chi connectivity index (χ4v) is 1.80. The lowest BCUT2D eigenvalue weighted by molar-refractivity contribution is 0.0696. The Morgan fingerprint density at radius 2 is 2.16 bits per heavy atom. The lowest BCUT2D eigenvalue weighted by Gasteiger charge is -2.08. The number of carboxylic acid groups (broad SMARTS) is 1. The SMILES string of the molecule is CCOc1ncc(C(=O)O)c(-c2ccccc2Cl)n1. The number of hydrogen-bond acceptors (Lipinski definition) is 4. The zero-order valence-corrected chi connectivity index (χ0v) is 10.9. The fraction of sp³-hybridized carbons (Fsp3) is 0.154. The molecule has 0 aliphatic carbocycles. The average Bonchev–Trinajstić information content (AvgIpc) is 2.39. The van der Waals surface area contributed by atoms with Crippen LogP contribution >= 0.6 is 11.6 Å². The number of ether oxygens (including phenoxy) is 1. The van der Waals surface area contributed by atoms with Gasteiger partial charge in [0.25, 0.3) is 0 Å². The molecule has 0 amide bonds. The van der Waals surface area contributed by atoms with Crippen molar-refractivity contribution in [3.63, 3.8) is 0 Å². The average molecular weight is 279 g/mol. The van der Waals surface area contributed by atoms with Crippen molar-refractivity contribution in [1.29, 1.82) is 0 Å². The topological polar surface area (TPSA) is 72.3 Å². The number of carboxylic acids is 1. The Labute approximate surface area is 114 Å². The van der Waals surface area contributed by atoms with Crippen molar-refractivity contribution in [2.45, 2.75) is 6.92 Å². The molecule has 1 heterocycles. The predicted molar refractivity (Wildman–Crippen MR) is 70.6 cm³/mol. The third kappa shape index (κ3) is 2.82. The first-order chi connectivity index (χ1) is 9.13. The summed E-state index contributed by atoms with van der Waals surface area (Å²) in [4.78, 5) is 19.2. The summed E-state index contributed by atoms with van der Waals surface area (Å²) in [5.74, 6) is -1.11. The van der Waals surface area contributed by atoms with Crippen molar-refractivity contribution in [2.75, 3.05) is 6.61 Å². The number of aromatic carboxylic acids is 1. The molecule has 0 fully saturated rings. The molecule has 5 nitrogen and oxygen atoms in total. The van der Waals surface area contributed by atoms with Crippen LogP contribution in [0.25, 0.3) is 11.3 Å². The van der Waals surface area contributed by atoms with Gasteiger partial charge in [-0.15, -0.1) is 0 Å². The van der Waals surface area contributed by atoms with Gasteiger partial charge in [0.05, 0.1) is 12.3 Å². The molecule has 0 aliphatic heterocycles. The van der Waals surface area contributed by atoms with Gasteiger partial charge in [0.2, 0.25) is 0 Å². The van der Waals surface area contributed by atoms with Crippen molar-refractivity contribution in [3.8, 4) is 17.3 Å². The van der Waals surface area contributed by atoms with Gasteiger partial charge in [-0.25, -0.2) is 9.78 Å². The second-order valence-corrected chi connectivity index (χ2v) is 4.04. The van der Waals surface area contributed by atoms with Crippen LogP contribution in [0.2, 0.25) is 5.02 Å². The highest BCUT2D eigenvalue weighted by Crippen LogP contribution is 2.29. The molecule has 0 atom stereocenters. The van der Waals surface area contributed by atoms with Crippen LogP contribution in [-0.4, -0.2) is 27.7 Å². The third-order valence-electron chi connectivity index (χ3n) is 2.40. The van der Waals surface area contributed by atoms with Gasteiger partial charge < -0.3 is 9.84 Å². The molecular formula is C13H11ClN2O3. The number of carbonyl (C=O) groups is 1. The largest absolute Gasteiger partial charge is 0.478 e. The maximum Gasteiger partial charge on any atom is 0.339 e. The van der Waals surface area contributed by atoms with Crippen LogP contribution in [0.4, 0.5) is 0 Å². The molecule has 1 aromatic heterocycles. The van der Waals surface area contributed by atoms with Crippen LogP contribution in [0.1, 0.15) is 17.3 Å². The number of halogens is 1. The van der Waals surface area contributed by atoms with E-state index in [1.165, 1.54) is 6.20 Å². The molecule has 0 bridgehead atoms. The normalized spacial score (nSPS) is 10.2. The first kappa shape index (κ1) is 13.3. The molecule has 0 saturated carbocycles. The number of hydrogen-bond donors (Lipinski definition) is 1. The summed E-state index contributed by atoms with van der Waals surface area (Å²) in [6.45, 7) is 2.19. The first-order valence-corrected chi connectivity index (χ1v) is 5.99. The lowest BCUT2D eigenvalue weighted by Crippen LogP contribution is -2.06. The van der Waals surface area contributed by atoms with E-state index in [1.54, 1.807) is 31.2 Å². The summed E-state index contributed by atoms with van der Waals surface area (Å²) >= 11 is 6.07. The highest BCUT2D eigenvalue weighted by Gasteiger charge is 2.17. The van der Waals surface area contributed by atoms with Crippen molar-refractivity contribution in [2.24, 2.45) is 0 Å². The summed E-state index contributed by atoms with van der Waals surface area (Å²) in [5, 5.41) is 9.60. The molecule has 2 rings (SSSR count). The summed E-state index contributed by atoms with van der Waals surface area (Å²) in [5.41, 5.74) is 0.762. The van der Waals surface area contributed by atoms with Crippen molar-refractivity contribution >= 4 is 17.6 Å². The van der Waals surface area contributed by atoms with Crippen LogP contribution in [0.3, 0.4) is 0 Å². The number of benzene rings is 1. The molecule has 1 aromatic carbocycles. The molecule has 19 heavy (non-hydrogen) atoms. The van der Waals surface area contributed by atoms with Crippen LogP contribution in [0.5, 0.6) is 6.01 Å². The minimum atomic E-state index is -1.11. The van der Waals surface area contributed by atoms with E-state index in [0.717, 1.165) is 0 Å². The first-order valence-electron chi connectivity index (χ1n) is 5.61. The minimum absolute atomic E-state index is 0.0171. The van der Waals surface area contributed by atoms with Crippen LogP contribution in [0.15, 0.2) is 30.5 Å². The lowest BCUT2D eigenvalue weighted by atomic mass is 10.1. The van der Waals surface area contributed by atoms with E-state index in [9.17, 15) is 9.90 Å². The molecule has 0 saturated heterocycles. The minimum Gasteiger partial charge on any atom is -0.478 e. The Morgan fingerprint density at radius 1 is 1.42 bits per heavy atom. The summed E-state index contributed by atoms with van der Waals surface area (Å²) in [6, 6.07) is 7.02. The van der Waals surface area contributed by atoms with Crippen molar-refractivity contribution in [3.05, 3.63) is 41.0 Å². The van der Waals surface area contributed by atoms with E-state index in [-0.39, 0.29) is 17.3 Å². The van der Waals surface area contributed by atoms with Crippen molar-refractivity contribution in [1.82, 2.24) is 9.97 Å². The Balaban J connectivity index is 2.61. The monoisotopic (exact) mass is 278 g/mol. The molecular weight excluding hydrogens is 268 g/mol. The molecule has 2 aromatic rings. The molecule has 0 aliphatic rings. The quantitative estimate of drug-likeness (QED) is 0.931. The summed E-state index contributed by atoms with van der Waals surface area (Å²) < 4.78 is 5.18. The molecule has 1 N–H and O–H groups in total. The molecule has 0 unspecified atom stereocenters. The zero-order valence-electron chi connectivity index (χ0n) is 10.1. The van der Waals surface area contributed by atoms with E-state index in [4.69, 9.17) is 16.3 Å². The Morgan fingerprint density at radius 3 is 2.79 bits per heavy atom. The van der Waals surface area contributed by atoms with Crippen molar-refractivity contribution < 1.29 is 14.6 Å². The van der Waals surface area contributed by atoms with Gasteiger partial charge in [-0.2, -0.15) is 4.98 Å². The molecule has 98 valence electrons. The van der Waals surface area contributed by atoms with Gasteiger partial charge in [0.1, 0.15) is 5.56 Å². The molecule has 6 heteroatoms. The standard InChI is InChI=1S/C13H11ClN2O3/c1-2-19-13-15-7-9(12(17)18)11(16-13)8-5-3-4-6-10(8)14/h3-7H,2H2,1H3,(H,17,18). The van der Waals surface area contributed by atoms with Gasteiger partial charge in [-0.05, 0) is 13.0 Å². The zero-order chi connectivity index (χ0) is 13.8. The van der Waals surface area contributed by atoms with Gasteiger partial charge in [0.15, 0.2) is 0 Å². The van der Waals surface area contributed by atoms with Gasteiger partial charge in [0, 0.05) is 16.8 Å². The van der Waals surface area contributed by atoms with Gasteiger partial charge >= 0.3 is 12.0 Å².